The van der Waals surface area contributed by atoms with E-state index in [0.29, 0.717) is 11.3 Å². The molecule has 0 aromatic heterocycles. The highest BCUT2D eigenvalue weighted by atomic mass is 19.1. The van der Waals surface area contributed by atoms with E-state index in [0.717, 1.165) is 0 Å². The van der Waals surface area contributed by atoms with Crippen LogP contribution >= 0.6 is 0 Å². The highest BCUT2D eigenvalue weighted by Crippen LogP contribution is 2.17. The second-order valence-corrected chi connectivity index (χ2v) is 5.32. The predicted octanol–water partition coefficient (Wildman–Crippen LogP) is 2.60. The maximum atomic E-state index is 13.3. The molecule has 0 unspecified atom stereocenters. The normalized spacial score (nSPS) is 10.8. The average Bonchev–Trinajstić information content (AvgIpc) is 2.30. The summed E-state index contributed by atoms with van der Waals surface area (Å²) in [6.45, 7) is 6.49. The number of carbonyl (C=O) groups excluding carboxylic acids is 2. The molecule has 1 aromatic rings. The summed E-state index contributed by atoms with van der Waals surface area (Å²) in [4.78, 5) is 23.0. The Bertz CT molecular complexity index is 510. The summed E-state index contributed by atoms with van der Waals surface area (Å²) in [7, 11) is 0. The van der Waals surface area contributed by atoms with Crippen LogP contribution in [-0.2, 0) is 9.53 Å². The Morgan fingerprint density at radius 3 is 2.55 bits per heavy atom. The van der Waals surface area contributed by atoms with Crippen molar-refractivity contribution in [3.8, 4) is 0 Å². The van der Waals surface area contributed by atoms with Crippen LogP contribution in [0, 0.1) is 12.7 Å². The third-order valence-corrected chi connectivity index (χ3v) is 2.33. The molecule has 5 nitrogen and oxygen atoms in total. The van der Waals surface area contributed by atoms with Crippen LogP contribution in [0.25, 0.3) is 0 Å². The van der Waals surface area contributed by atoms with E-state index in [2.05, 4.69) is 10.6 Å². The molecule has 2 amide bonds. The molecule has 0 saturated heterocycles. The largest absolute Gasteiger partial charge is 0.444 e. The number of halogens is 1. The van der Waals surface area contributed by atoms with Crippen LogP contribution in [0.4, 0.5) is 14.9 Å². The second kappa shape index (κ2) is 6.36. The van der Waals surface area contributed by atoms with Crippen LogP contribution in [0.15, 0.2) is 18.2 Å². The first-order chi connectivity index (χ1) is 9.19. The molecular formula is C14H19FN2O3. The topological polar surface area (TPSA) is 67.4 Å². The third kappa shape index (κ3) is 5.26. The molecular weight excluding hydrogens is 263 g/mol. The molecule has 0 aliphatic heterocycles. The van der Waals surface area contributed by atoms with Gasteiger partial charge in [-0.25, -0.2) is 9.18 Å². The van der Waals surface area contributed by atoms with Gasteiger partial charge in [-0.3, -0.25) is 4.79 Å². The SMILES string of the molecule is Cc1c(F)cccc1NC(=O)CNC(=O)OC(C)(C)C. The highest BCUT2D eigenvalue weighted by Gasteiger charge is 2.16. The van der Waals surface area contributed by atoms with Crippen LogP contribution in [-0.4, -0.2) is 24.1 Å². The van der Waals surface area contributed by atoms with Crippen LogP contribution < -0.4 is 10.6 Å². The van der Waals surface area contributed by atoms with E-state index < -0.39 is 23.4 Å². The maximum Gasteiger partial charge on any atom is 0.408 e. The molecule has 0 atom stereocenters. The number of benzene rings is 1. The van der Waals surface area contributed by atoms with Gasteiger partial charge in [-0.2, -0.15) is 0 Å². The van der Waals surface area contributed by atoms with Gasteiger partial charge < -0.3 is 15.4 Å². The molecule has 0 spiro atoms. The zero-order valence-electron chi connectivity index (χ0n) is 12.0. The molecule has 0 aliphatic rings. The zero-order chi connectivity index (χ0) is 15.3. The first kappa shape index (κ1) is 15.9. The van der Waals surface area contributed by atoms with E-state index in [4.69, 9.17) is 4.74 Å². The fourth-order valence-corrected chi connectivity index (χ4v) is 1.40. The van der Waals surface area contributed by atoms with Gasteiger partial charge in [0.2, 0.25) is 5.91 Å². The summed E-state index contributed by atoms with van der Waals surface area (Å²) in [6, 6.07) is 4.40. The van der Waals surface area contributed by atoms with Gasteiger partial charge in [0, 0.05) is 11.3 Å². The molecule has 1 aromatic carbocycles. The van der Waals surface area contributed by atoms with Crippen molar-refractivity contribution >= 4 is 17.7 Å². The summed E-state index contributed by atoms with van der Waals surface area (Å²) in [6.07, 6.45) is -0.677. The average molecular weight is 282 g/mol. The Hall–Kier alpha value is -2.11. The number of carbonyl (C=O) groups is 2. The number of ether oxygens (including phenoxy) is 1. The van der Waals surface area contributed by atoms with E-state index >= 15 is 0 Å². The van der Waals surface area contributed by atoms with Gasteiger partial charge >= 0.3 is 6.09 Å². The summed E-state index contributed by atoms with van der Waals surface area (Å²) < 4.78 is 18.3. The molecule has 0 bridgehead atoms. The van der Waals surface area contributed by atoms with Gasteiger partial charge in [0.15, 0.2) is 0 Å². The maximum absolute atomic E-state index is 13.3. The lowest BCUT2D eigenvalue weighted by atomic mass is 10.2. The minimum Gasteiger partial charge on any atom is -0.444 e. The molecule has 0 heterocycles. The van der Waals surface area contributed by atoms with E-state index in [1.807, 2.05) is 0 Å². The number of hydrogen-bond donors (Lipinski definition) is 2. The third-order valence-electron chi connectivity index (χ3n) is 2.33. The minimum absolute atomic E-state index is 0.245. The van der Waals surface area contributed by atoms with Crippen LogP contribution in [0.1, 0.15) is 26.3 Å². The van der Waals surface area contributed by atoms with E-state index in [9.17, 15) is 14.0 Å². The first-order valence-corrected chi connectivity index (χ1v) is 6.21. The lowest BCUT2D eigenvalue weighted by molar-refractivity contribution is -0.115. The van der Waals surface area contributed by atoms with Gasteiger partial charge in [0.25, 0.3) is 0 Å². The van der Waals surface area contributed by atoms with Gasteiger partial charge in [0.05, 0.1) is 0 Å². The van der Waals surface area contributed by atoms with Crippen molar-refractivity contribution in [2.75, 3.05) is 11.9 Å². The quantitative estimate of drug-likeness (QED) is 0.895. The number of anilines is 1. The highest BCUT2D eigenvalue weighted by molar-refractivity contribution is 5.94. The molecule has 0 saturated carbocycles. The van der Waals surface area contributed by atoms with Crippen LogP contribution in [0.2, 0.25) is 0 Å². The molecule has 0 radical (unpaired) electrons. The Kier molecular flexibility index (Phi) is 5.07. The minimum atomic E-state index is -0.677. The number of rotatable bonds is 3. The van der Waals surface area contributed by atoms with Gasteiger partial charge in [0.1, 0.15) is 18.0 Å². The standard InChI is InChI=1S/C14H19FN2O3/c1-9-10(15)6-5-7-11(9)17-12(18)8-16-13(19)20-14(2,3)4/h5-7H,8H2,1-4H3,(H,16,19)(H,17,18). The monoisotopic (exact) mass is 282 g/mol. The molecule has 6 heteroatoms. The van der Waals surface area contributed by atoms with Gasteiger partial charge in [-0.15, -0.1) is 0 Å². The molecule has 1 rings (SSSR count). The number of amides is 2. The summed E-state index contributed by atoms with van der Waals surface area (Å²) in [5.41, 5.74) is 0.0961. The van der Waals surface area contributed by atoms with Crippen molar-refractivity contribution in [3.63, 3.8) is 0 Å². The second-order valence-electron chi connectivity index (χ2n) is 5.32. The first-order valence-electron chi connectivity index (χ1n) is 6.21. The van der Waals surface area contributed by atoms with Gasteiger partial charge in [-0.05, 0) is 39.8 Å². The van der Waals surface area contributed by atoms with Crippen molar-refractivity contribution in [1.29, 1.82) is 0 Å². The smallest absolute Gasteiger partial charge is 0.408 e. The van der Waals surface area contributed by atoms with Crippen molar-refractivity contribution in [2.24, 2.45) is 0 Å². The lowest BCUT2D eigenvalue weighted by Crippen LogP contribution is -2.37. The summed E-state index contributed by atoms with van der Waals surface area (Å²) in [5.74, 6) is -0.854. The van der Waals surface area contributed by atoms with Gasteiger partial charge in [-0.1, -0.05) is 6.07 Å². The van der Waals surface area contributed by atoms with Crippen molar-refractivity contribution < 1.29 is 18.7 Å². The zero-order valence-corrected chi connectivity index (χ0v) is 12.0. The Balaban J connectivity index is 2.49. The number of nitrogens with one attached hydrogen (secondary N) is 2. The molecule has 20 heavy (non-hydrogen) atoms. The van der Waals surface area contributed by atoms with E-state index in [1.54, 1.807) is 33.8 Å². The summed E-state index contributed by atoms with van der Waals surface area (Å²) >= 11 is 0. The van der Waals surface area contributed by atoms with Crippen molar-refractivity contribution in [3.05, 3.63) is 29.6 Å². The summed E-state index contributed by atoms with van der Waals surface area (Å²) in [5, 5.41) is 4.85. The lowest BCUT2D eigenvalue weighted by Gasteiger charge is -2.19. The molecule has 2 N–H and O–H groups in total. The number of alkyl carbamates (subject to hydrolysis) is 1. The Morgan fingerprint density at radius 1 is 1.30 bits per heavy atom. The molecule has 0 fully saturated rings. The molecule has 0 aliphatic carbocycles. The van der Waals surface area contributed by atoms with Crippen molar-refractivity contribution in [2.45, 2.75) is 33.3 Å². The van der Waals surface area contributed by atoms with Crippen LogP contribution in [0.3, 0.4) is 0 Å². The fraction of sp³-hybridized carbons (Fsp3) is 0.429. The Morgan fingerprint density at radius 2 is 1.95 bits per heavy atom. The molecule has 110 valence electrons. The van der Waals surface area contributed by atoms with Crippen molar-refractivity contribution in [1.82, 2.24) is 5.32 Å². The van der Waals surface area contributed by atoms with E-state index in [-0.39, 0.29) is 6.54 Å². The Labute approximate surface area is 117 Å². The fourth-order valence-electron chi connectivity index (χ4n) is 1.40. The number of hydrogen-bond acceptors (Lipinski definition) is 3. The predicted molar refractivity (Wildman–Crippen MR) is 74.0 cm³/mol. The van der Waals surface area contributed by atoms with E-state index in [1.165, 1.54) is 12.1 Å². The van der Waals surface area contributed by atoms with Crippen LogP contribution in [0.5, 0.6) is 0 Å².